The highest BCUT2D eigenvalue weighted by Gasteiger charge is 2.07. The Labute approximate surface area is 109 Å². The maximum absolute atomic E-state index is 5.53. The van der Waals surface area contributed by atoms with Crippen LogP contribution in [0.1, 0.15) is 44.0 Å². The lowest BCUT2D eigenvalue weighted by molar-refractivity contribution is 0.465. The molecular formula is C13H25N3S. The van der Waals surface area contributed by atoms with E-state index in [0.29, 0.717) is 5.92 Å². The summed E-state index contributed by atoms with van der Waals surface area (Å²) in [6.45, 7) is 7.45. The van der Waals surface area contributed by atoms with Gasteiger partial charge in [-0.25, -0.2) is 4.98 Å². The molecule has 0 aliphatic carbocycles. The first-order chi connectivity index (χ1) is 8.24. The molecule has 0 radical (unpaired) electrons. The fourth-order valence-corrected chi connectivity index (χ4v) is 2.59. The van der Waals surface area contributed by atoms with Crippen molar-refractivity contribution in [1.82, 2.24) is 10.3 Å². The second-order valence-corrected chi connectivity index (χ2v) is 5.73. The van der Waals surface area contributed by atoms with Crippen molar-refractivity contribution < 1.29 is 0 Å². The van der Waals surface area contributed by atoms with Gasteiger partial charge in [-0.1, -0.05) is 13.8 Å². The SMILES string of the molecule is CC(CCN)CCCNCC(C)c1nccs1. The number of nitrogens with two attached hydrogens (primary N) is 1. The first-order valence-corrected chi connectivity index (χ1v) is 7.42. The number of nitrogens with one attached hydrogen (secondary N) is 1. The normalized spacial score (nSPS) is 14.8. The molecule has 0 bridgehead atoms. The van der Waals surface area contributed by atoms with Crippen molar-refractivity contribution in [2.75, 3.05) is 19.6 Å². The van der Waals surface area contributed by atoms with E-state index in [9.17, 15) is 0 Å². The average molecular weight is 255 g/mol. The highest BCUT2D eigenvalue weighted by molar-refractivity contribution is 7.09. The molecule has 1 aromatic rings. The number of thiazole rings is 1. The first-order valence-electron chi connectivity index (χ1n) is 6.54. The summed E-state index contributed by atoms with van der Waals surface area (Å²) in [4.78, 5) is 4.33. The van der Waals surface area contributed by atoms with Crippen LogP contribution in [0.2, 0.25) is 0 Å². The van der Waals surface area contributed by atoms with Crippen molar-refractivity contribution in [3.05, 3.63) is 16.6 Å². The highest BCUT2D eigenvalue weighted by atomic mass is 32.1. The van der Waals surface area contributed by atoms with Crippen LogP contribution in [0.4, 0.5) is 0 Å². The van der Waals surface area contributed by atoms with Crippen molar-refractivity contribution in [3.8, 4) is 0 Å². The topological polar surface area (TPSA) is 50.9 Å². The molecule has 2 unspecified atom stereocenters. The van der Waals surface area contributed by atoms with Gasteiger partial charge in [-0.15, -0.1) is 11.3 Å². The molecule has 1 rings (SSSR count). The molecule has 0 spiro atoms. The quantitative estimate of drug-likeness (QED) is 0.667. The molecule has 0 saturated carbocycles. The van der Waals surface area contributed by atoms with Gasteiger partial charge in [-0.2, -0.15) is 0 Å². The Bertz CT molecular complexity index is 274. The van der Waals surface area contributed by atoms with Gasteiger partial charge in [0, 0.05) is 24.0 Å². The lowest BCUT2D eigenvalue weighted by Gasteiger charge is -2.12. The summed E-state index contributed by atoms with van der Waals surface area (Å²) in [7, 11) is 0. The number of hydrogen-bond donors (Lipinski definition) is 2. The molecule has 3 nitrogen and oxygen atoms in total. The van der Waals surface area contributed by atoms with Crippen LogP contribution in [0.5, 0.6) is 0 Å². The van der Waals surface area contributed by atoms with Gasteiger partial charge in [-0.3, -0.25) is 0 Å². The van der Waals surface area contributed by atoms with Crippen LogP contribution in [0.3, 0.4) is 0 Å². The van der Waals surface area contributed by atoms with E-state index < -0.39 is 0 Å². The summed E-state index contributed by atoms with van der Waals surface area (Å²) in [6.07, 6.45) is 5.54. The van der Waals surface area contributed by atoms with E-state index in [2.05, 4.69) is 24.1 Å². The van der Waals surface area contributed by atoms with E-state index in [4.69, 9.17) is 5.73 Å². The summed E-state index contributed by atoms with van der Waals surface area (Å²) in [5, 5.41) is 6.78. The standard InChI is InChI=1S/C13H25N3S/c1-11(5-6-14)4-3-7-15-10-12(2)13-16-8-9-17-13/h8-9,11-12,15H,3-7,10,14H2,1-2H3. The van der Waals surface area contributed by atoms with E-state index in [0.717, 1.165) is 32.0 Å². The second kappa shape index (κ2) is 8.61. The average Bonchev–Trinajstić information content (AvgIpc) is 2.82. The Hall–Kier alpha value is -0.450. The molecule has 3 N–H and O–H groups in total. The number of rotatable bonds is 9. The Kier molecular flexibility index (Phi) is 7.40. The Morgan fingerprint density at radius 2 is 2.24 bits per heavy atom. The van der Waals surface area contributed by atoms with Gasteiger partial charge >= 0.3 is 0 Å². The van der Waals surface area contributed by atoms with Crippen molar-refractivity contribution in [2.24, 2.45) is 11.7 Å². The van der Waals surface area contributed by atoms with Crippen molar-refractivity contribution in [3.63, 3.8) is 0 Å². The molecule has 0 amide bonds. The minimum Gasteiger partial charge on any atom is -0.330 e. The van der Waals surface area contributed by atoms with Crippen LogP contribution in [-0.2, 0) is 0 Å². The van der Waals surface area contributed by atoms with Gasteiger partial charge in [0.2, 0.25) is 0 Å². The fourth-order valence-electron chi connectivity index (χ4n) is 1.89. The maximum Gasteiger partial charge on any atom is 0.0965 e. The summed E-state index contributed by atoms with van der Waals surface area (Å²) in [5.41, 5.74) is 5.53. The molecule has 0 aliphatic rings. The second-order valence-electron chi connectivity index (χ2n) is 4.80. The third-order valence-corrected chi connectivity index (χ3v) is 4.04. The van der Waals surface area contributed by atoms with E-state index in [-0.39, 0.29) is 0 Å². The van der Waals surface area contributed by atoms with Gasteiger partial charge in [0.15, 0.2) is 0 Å². The first kappa shape index (κ1) is 14.6. The highest BCUT2D eigenvalue weighted by Crippen LogP contribution is 2.16. The van der Waals surface area contributed by atoms with Crippen molar-refractivity contribution in [2.45, 2.75) is 39.0 Å². The molecule has 0 saturated heterocycles. The monoisotopic (exact) mass is 255 g/mol. The third kappa shape index (κ3) is 6.15. The summed E-state index contributed by atoms with van der Waals surface area (Å²) >= 11 is 1.74. The lowest BCUT2D eigenvalue weighted by Crippen LogP contribution is -2.21. The summed E-state index contributed by atoms with van der Waals surface area (Å²) in [6, 6.07) is 0. The van der Waals surface area contributed by atoms with E-state index in [1.165, 1.54) is 17.8 Å². The van der Waals surface area contributed by atoms with Crippen LogP contribution in [0.15, 0.2) is 11.6 Å². The third-order valence-electron chi connectivity index (χ3n) is 3.03. The molecule has 17 heavy (non-hydrogen) atoms. The molecule has 2 atom stereocenters. The zero-order valence-electron chi connectivity index (χ0n) is 11.0. The maximum atomic E-state index is 5.53. The Morgan fingerprint density at radius 1 is 1.41 bits per heavy atom. The molecule has 1 heterocycles. The van der Waals surface area contributed by atoms with E-state index >= 15 is 0 Å². The summed E-state index contributed by atoms with van der Waals surface area (Å²) in [5.74, 6) is 1.29. The van der Waals surface area contributed by atoms with Crippen LogP contribution >= 0.6 is 11.3 Å². The van der Waals surface area contributed by atoms with E-state index in [1.54, 1.807) is 11.3 Å². The minimum atomic E-state index is 0.525. The zero-order valence-corrected chi connectivity index (χ0v) is 11.8. The fraction of sp³-hybridized carbons (Fsp3) is 0.769. The molecule has 98 valence electrons. The Balaban J connectivity index is 2.01. The molecular weight excluding hydrogens is 230 g/mol. The molecule has 1 aromatic heterocycles. The van der Waals surface area contributed by atoms with Gasteiger partial charge in [-0.05, 0) is 38.3 Å². The van der Waals surface area contributed by atoms with Crippen molar-refractivity contribution in [1.29, 1.82) is 0 Å². The van der Waals surface area contributed by atoms with Gasteiger partial charge in [0.1, 0.15) is 0 Å². The Morgan fingerprint density at radius 3 is 2.88 bits per heavy atom. The van der Waals surface area contributed by atoms with Gasteiger partial charge < -0.3 is 11.1 Å². The van der Waals surface area contributed by atoms with Crippen LogP contribution in [0.25, 0.3) is 0 Å². The van der Waals surface area contributed by atoms with Crippen molar-refractivity contribution >= 4 is 11.3 Å². The van der Waals surface area contributed by atoms with Gasteiger partial charge in [0.05, 0.1) is 5.01 Å². The smallest absolute Gasteiger partial charge is 0.0965 e. The molecule has 0 fully saturated rings. The van der Waals surface area contributed by atoms with Crippen LogP contribution < -0.4 is 11.1 Å². The zero-order chi connectivity index (χ0) is 12.5. The predicted molar refractivity (Wildman–Crippen MR) is 75.5 cm³/mol. The lowest BCUT2D eigenvalue weighted by atomic mass is 10.0. The minimum absolute atomic E-state index is 0.525. The van der Waals surface area contributed by atoms with Gasteiger partial charge in [0.25, 0.3) is 0 Å². The number of nitrogens with zero attached hydrogens (tertiary/aromatic N) is 1. The summed E-state index contributed by atoms with van der Waals surface area (Å²) < 4.78 is 0. The molecule has 0 aliphatic heterocycles. The molecule has 4 heteroatoms. The number of aromatic nitrogens is 1. The predicted octanol–water partition coefficient (Wildman–Crippen LogP) is 2.60. The van der Waals surface area contributed by atoms with Crippen LogP contribution in [0, 0.1) is 5.92 Å². The van der Waals surface area contributed by atoms with Crippen LogP contribution in [-0.4, -0.2) is 24.6 Å². The molecule has 0 aromatic carbocycles. The van der Waals surface area contributed by atoms with E-state index in [1.807, 2.05) is 11.6 Å². The largest absolute Gasteiger partial charge is 0.330 e. The number of hydrogen-bond acceptors (Lipinski definition) is 4.